The van der Waals surface area contributed by atoms with Gasteiger partial charge in [0.05, 0.1) is 10.8 Å². The molecular formula is C9H13N7O2S. The number of aryl methyl sites for hydroxylation is 2. The number of aromatic nitrogens is 5. The Morgan fingerprint density at radius 2 is 2.05 bits per heavy atom. The molecule has 2 aromatic rings. The number of rotatable bonds is 4. The maximum atomic E-state index is 10.9. The predicted molar refractivity (Wildman–Crippen MR) is 69.1 cm³/mol. The summed E-state index contributed by atoms with van der Waals surface area (Å²) in [5.41, 5.74) is 0.953. The molecule has 9 nitrogen and oxygen atoms in total. The van der Waals surface area contributed by atoms with E-state index in [9.17, 15) is 10.1 Å². The standard InChI is InChI=1S/C9H13N7O2S/c1-5-8(16(17)18)6(2)14(13-5)4-19-9-12-11-7(3)15(9)10/h4,10H2,1-3H3. The third-order valence-corrected chi connectivity index (χ3v) is 3.59. The molecule has 0 amide bonds. The summed E-state index contributed by atoms with van der Waals surface area (Å²) >= 11 is 1.31. The van der Waals surface area contributed by atoms with Gasteiger partial charge < -0.3 is 5.84 Å². The number of nitrogens with zero attached hydrogens (tertiary/aromatic N) is 6. The van der Waals surface area contributed by atoms with Crippen molar-refractivity contribution in [2.75, 3.05) is 5.84 Å². The quantitative estimate of drug-likeness (QED) is 0.381. The van der Waals surface area contributed by atoms with E-state index in [1.165, 1.54) is 16.4 Å². The zero-order valence-electron chi connectivity index (χ0n) is 10.7. The maximum absolute atomic E-state index is 10.9. The first kappa shape index (κ1) is 13.3. The Bertz CT molecular complexity index is 633. The van der Waals surface area contributed by atoms with E-state index >= 15 is 0 Å². The summed E-state index contributed by atoms with van der Waals surface area (Å²) in [4.78, 5) is 10.5. The van der Waals surface area contributed by atoms with Gasteiger partial charge in [-0.25, -0.2) is 4.68 Å². The largest absolute Gasteiger partial charge is 0.336 e. The molecular weight excluding hydrogens is 270 g/mol. The second kappa shape index (κ2) is 4.88. The van der Waals surface area contributed by atoms with Gasteiger partial charge in [0.25, 0.3) is 0 Å². The van der Waals surface area contributed by atoms with Crippen molar-refractivity contribution in [1.29, 1.82) is 0 Å². The summed E-state index contributed by atoms with van der Waals surface area (Å²) in [7, 11) is 0. The molecule has 102 valence electrons. The normalized spacial score (nSPS) is 10.9. The molecule has 2 aromatic heterocycles. The number of nitrogens with two attached hydrogens (primary N) is 1. The van der Waals surface area contributed by atoms with Gasteiger partial charge in [0.1, 0.15) is 17.2 Å². The van der Waals surface area contributed by atoms with Crippen molar-refractivity contribution in [3.05, 3.63) is 27.3 Å². The fourth-order valence-corrected chi connectivity index (χ4v) is 2.50. The van der Waals surface area contributed by atoms with Gasteiger partial charge in [0.2, 0.25) is 5.16 Å². The van der Waals surface area contributed by atoms with Gasteiger partial charge in [-0.2, -0.15) is 5.10 Å². The van der Waals surface area contributed by atoms with Crippen molar-refractivity contribution < 1.29 is 4.92 Å². The van der Waals surface area contributed by atoms with Crippen LogP contribution in [0.2, 0.25) is 0 Å². The lowest BCUT2D eigenvalue weighted by Crippen LogP contribution is -2.12. The molecule has 0 aliphatic heterocycles. The minimum Gasteiger partial charge on any atom is -0.336 e. The average molecular weight is 283 g/mol. The monoisotopic (exact) mass is 283 g/mol. The highest BCUT2D eigenvalue weighted by Gasteiger charge is 2.22. The molecule has 19 heavy (non-hydrogen) atoms. The van der Waals surface area contributed by atoms with Crippen LogP contribution in [0.15, 0.2) is 5.16 Å². The highest BCUT2D eigenvalue weighted by atomic mass is 32.2. The topological polar surface area (TPSA) is 118 Å². The van der Waals surface area contributed by atoms with E-state index < -0.39 is 4.92 Å². The molecule has 0 spiro atoms. The molecule has 0 aromatic carbocycles. The van der Waals surface area contributed by atoms with Crippen LogP contribution in [-0.4, -0.2) is 29.6 Å². The van der Waals surface area contributed by atoms with Crippen LogP contribution < -0.4 is 5.84 Å². The Kier molecular flexibility index (Phi) is 3.42. The Labute approximate surface area is 112 Å². The molecule has 2 N–H and O–H groups in total. The fourth-order valence-electron chi connectivity index (χ4n) is 1.64. The summed E-state index contributed by atoms with van der Waals surface area (Å²) in [5.74, 6) is 6.70. The van der Waals surface area contributed by atoms with Crippen molar-refractivity contribution in [3.63, 3.8) is 0 Å². The third-order valence-electron chi connectivity index (χ3n) is 2.68. The molecule has 0 bridgehead atoms. The summed E-state index contributed by atoms with van der Waals surface area (Å²) in [6.07, 6.45) is 0. The number of hydrogen-bond acceptors (Lipinski definition) is 7. The van der Waals surface area contributed by atoms with Crippen molar-refractivity contribution >= 4 is 17.4 Å². The van der Waals surface area contributed by atoms with E-state index in [0.717, 1.165) is 0 Å². The first-order chi connectivity index (χ1) is 8.91. The summed E-state index contributed by atoms with van der Waals surface area (Å²) in [5, 5.41) is 23.3. The third kappa shape index (κ3) is 2.38. The van der Waals surface area contributed by atoms with Crippen LogP contribution in [0, 0.1) is 30.9 Å². The molecule has 0 radical (unpaired) electrons. The molecule has 0 aliphatic carbocycles. The first-order valence-electron chi connectivity index (χ1n) is 5.40. The lowest BCUT2D eigenvalue weighted by Gasteiger charge is -2.03. The van der Waals surface area contributed by atoms with Crippen LogP contribution in [-0.2, 0) is 5.88 Å². The number of nitro groups is 1. The lowest BCUT2D eigenvalue weighted by atomic mass is 10.3. The van der Waals surface area contributed by atoms with E-state index in [-0.39, 0.29) is 5.69 Å². The van der Waals surface area contributed by atoms with Gasteiger partial charge in [-0.15, -0.1) is 10.2 Å². The highest BCUT2D eigenvalue weighted by Crippen LogP contribution is 2.24. The van der Waals surface area contributed by atoms with E-state index in [0.29, 0.717) is 28.2 Å². The van der Waals surface area contributed by atoms with Crippen molar-refractivity contribution in [2.45, 2.75) is 31.8 Å². The van der Waals surface area contributed by atoms with Gasteiger partial charge in [-0.05, 0) is 20.8 Å². The van der Waals surface area contributed by atoms with Gasteiger partial charge in [0.15, 0.2) is 0 Å². The smallest absolute Gasteiger partial charge is 0.312 e. The summed E-state index contributed by atoms with van der Waals surface area (Å²) < 4.78 is 2.92. The molecule has 0 saturated carbocycles. The summed E-state index contributed by atoms with van der Waals surface area (Å²) in [6.45, 7) is 5.02. The van der Waals surface area contributed by atoms with E-state index in [1.54, 1.807) is 25.5 Å². The van der Waals surface area contributed by atoms with Crippen LogP contribution in [0.1, 0.15) is 17.2 Å². The SMILES string of the molecule is Cc1nn(CSc2nnc(C)n2N)c(C)c1[N+](=O)[O-]. The Morgan fingerprint density at radius 3 is 2.53 bits per heavy atom. The minimum atomic E-state index is -0.422. The molecule has 2 rings (SSSR count). The molecule has 2 heterocycles. The molecule has 0 unspecified atom stereocenters. The van der Waals surface area contributed by atoms with Crippen LogP contribution in [0.4, 0.5) is 5.69 Å². The second-order valence-corrected chi connectivity index (χ2v) is 4.86. The second-order valence-electron chi connectivity index (χ2n) is 3.95. The van der Waals surface area contributed by atoms with E-state index in [1.807, 2.05) is 0 Å². The van der Waals surface area contributed by atoms with Crippen molar-refractivity contribution in [3.8, 4) is 0 Å². The van der Waals surface area contributed by atoms with Gasteiger partial charge in [-0.1, -0.05) is 11.8 Å². The van der Waals surface area contributed by atoms with Crippen LogP contribution >= 0.6 is 11.8 Å². The van der Waals surface area contributed by atoms with Crippen LogP contribution in [0.3, 0.4) is 0 Å². The minimum absolute atomic E-state index is 0.0472. The number of thioether (sulfide) groups is 1. The molecule has 0 aliphatic rings. The fraction of sp³-hybridized carbons (Fsp3) is 0.444. The summed E-state index contributed by atoms with van der Waals surface area (Å²) in [6, 6.07) is 0. The molecule has 0 saturated heterocycles. The molecule has 0 atom stereocenters. The van der Waals surface area contributed by atoms with Crippen LogP contribution in [0.5, 0.6) is 0 Å². The predicted octanol–water partition coefficient (Wildman–Crippen LogP) is 0.772. The van der Waals surface area contributed by atoms with Crippen molar-refractivity contribution in [2.24, 2.45) is 0 Å². The Balaban J connectivity index is 2.19. The molecule has 0 fully saturated rings. The zero-order chi connectivity index (χ0) is 14.2. The maximum Gasteiger partial charge on any atom is 0.312 e. The highest BCUT2D eigenvalue weighted by molar-refractivity contribution is 7.98. The average Bonchev–Trinajstić information content (AvgIpc) is 2.79. The van der Waals surface area contributed by atoms with Crippen LogP contribution in [0.25, 0.3) is 0 Å². The zero-order valence-corrected chi connectivity index (χ0v) is 11.5. The van der Waals surface area contributed by atoms with Gasteiger partial charge >= 0.3 is 5.69 Å². The number of hydrogen-bond donors (Lipinski definition) is 1. The first-order valence-corrected chi connectivity index (χ1v) is 6.38. The Hall–Kier alpha value is -2.10. The Morgan fingerprint density at radius 1 is 1.37 bits per heavy atom. The van der Waals surface area contributed by atoms with E-state index in [2.05, 4.69) is 15.3 Å². The number of nitrogen functional groups attached to an aromatic ring is 1. The van der Waals surface area contributed by atoms with Gasteiger partial charge in [0, 0.05) is 0 Å². The molecule has 10 heteroatoms. The van der Waals surface area contributed by atoms with E-state index in [4.69, 9.17) is 5.84 Å². The van der Waals surface area contributed by atoms with Crippen molar-refractivity contribution in [1.82, 2.24) is 24.7 Å². The lowest BCUT2D eigenvalue weighted by molar-refractivity contribution is -0.386. The van der Waals surface area contributed by atoms with Gasteiger partial charge in [-0.3, -0.25) is 14.8 Å².